The van der Waals surface area contributed by atoms with Crippen molar-refractivity contribution in [2.75, 3.05) is 11.5 Å². The van der Waals surface area contributed by atoms with Crippen LogP contribution in [0.1, 0.15) is 22.8 Å². The molecule has 2 aromatic carbocycles. The Kier molecular flexibility index (Phi) is 3.17. The zero-order chi connectivity index (χ0) is 13.9. The first-order chi connectivity index (χ1) is 9.77. The van der Waals surface area contributed by atoms with E-state index in [0.29, 0.717) is 0 Å². The molecule has 0 aliphatic rings. The molecule has 0 amide bonds. The zero-order valence-corrected chi connectivity index (χ0v) is 11.0. The molecule has 0 fully saturated rings. The fraction of sp³-hybridized carbons (Fsp3) is 0.0588. The van der Waals surface area contributed by atoms with Crippen LogP contribution in [0, 0.1) is 0 Å². The van der Waals surface area contributed by atoms with Crippen LogP contribution in [-0.4, -0.2) is 0 Å². The number of nitrogens with two attached hydrogens (primary N) is 2. The third-order valence-corrected chi connectivity index (χ3v) is 3.44. The van der Waals surface area contributed by atoms with Crippen molar-refractivity contribution < 1.29 is 4.42 Å². The summed E-state index contributed by atoms with van der Waals surface area (Å²) in [5.41, 5.74) is 15.7. The Morgan fingerprint density at radius 1 is 0.700 bits per heavy atom. The summed E-state index contributed by atoms with van der Waals surface area (Å²) in [7, 11) is 0. The molecule has 0 aliphatic heterocycles. The average Bonchev–Trinajstić information content (AvgIpc) is 2.97. The number of furan rings is 1. The lowest BCUT2D eigenvalue weighted by Gasteiger charge is -2.19. The van der Waals surface area contributed by atoms with Gasteiger partial charge in [-0.3, -0.25) is 0 Å². The van der Waals surface area contributed by atoms with Crippen LogP contribution in [0.3, 0.4) is 0 Å². The summed E-state index contributed by atoms with van der Waals surface area (Å²) in [6.45, 7) is 0. The van der Waals surface area contributed by atoms with Gasteiger partial charge in [-0.05, 0) is 35.4 Å². The Balaban J connectivity index is 2.21. The monoisotopic (exact) mass is 264 g/mol. The van der Waals surface area contributed by atoms with E-state index in [-0.39, 0.29) is 5.92 Å². The van der Waals surface area contributed by atoms with Gasteiger partial charge in [0, 0.05) is 11.4 Å². The molecule has 1 aromatic heterocycles. The van der Waals surface area contributed by atoms with Gasteiger partial charge >= 0.3 is 0 Å². The highest BCUT2D eigenvalue weighted by Gasteiger charge is 2.22. The van der Waals surface area contributed by atoms with Crippen LogP contribution in [0.15, 0.2) is 71.3 Å². The molecule has 3 rings (SSSR count). The van der Waals surface area contributed by atoms with Gasteiger partial charge in [-0.1, -0.05) is 36.4 Å². The van der Waals surface area contributed by atoms with E-state index in [9.17, 15) is 0 Å². The number of para-hydroxylation sites is 2. The summed E-state index contributed by atoms with van der Waals surface area (Å²) < 4.78 is 5.60. The molecule has 3 aromatic rings. The topological polar surface area (TPSA) is 65.2 Å². The van der Waals surface area contributed by atoms with E-state index in [1.165, 1.54) is 0 Å². The van der Waals surface area contributed by atoms with Crippen molar-refractivity contribution in [1.82, 2.24) is 0 Å². The number of benzene rings is 2. The zero-order valence-electron chi connectivity index (χ0n) is 11.0. The van der Waals surface area contributed by atoms with Gasteiger partial charge in [0.1, 0.15) is 5.76 Å². The molecule has 20 heavy (non-hydrogen) atoms. The highest BCUT2D eigenvalue weighted by atomic mass is 16.3. The molecule has 3 heteroatoms. The van der Waals surface area contributed by atoms with Gasteiger partial charge in [-0.25, -0.2) is 0 Å². The lowest BCUT2D eigenvalue weighted by Crippen LogP contribution is -2.08. The van der Waals surface area contributed by atoms with Gasteiger partial charge in [0.05, 0.1) is 12.2 Å². The predicted molar refractivity (Wildman–Crippen MR) is 81.4 cm³/mol. The summed E-state index contributed by atoms with van der Waals surface area (Å²) in [6.07, 6.45) is 1.67. The Morgan fingerprint density at radius 3 is 1.70 bits per heavy atom. The lowest BCUT2D eigenvalue weighted by molar-refractivity contribution is 0.504. The van der Waals surface area contributed by atoms with E-state index in [1.807, 2.05) is 60.7 Å². The summed E-state index contributed by atoms with van der Waals surface area (Å²) in [4.78, 5) is 0. The molecule has 0 radical (unpaired) electrons. The van der Waals surface area contributed by atoms with Gasteiger partial charge in [0.15, 0.2) is 0 Å². The van der Waals surface area contributed by atoms with E-state index in [2.05, 4.69) is 0 Å². The Bertz CT molecular complexity index is 659. The normalized spacial score (nSPS) is 10.8. The maximum absolute atomic E-state index is 6.13. The highest BCUT2D eigenvalue weighted by molar-refractivity contribution is 5.60. The summed E-state index contributed by atoms with van der Waals surface area (Å²) in [5, 5.41) is 0. The Morgan fingerprint density at radius 2 is 1.25 bits per heavy atom. The van der Waals surface area contributed by atoms with Crippen LogP contribution >= 0.6 is 0 Å². The summed E-state index contributed by atoms with van der Waals surface area (Å²) >= 11 is 0. The second kappa shape index (κ2) is 5.13. The Hall–Kier alpha value is -2.68. The average molecular weight is 264 g/mol. The highest BCUT2D eigenvalue weighted by Crippen LogP contribution is 2.37. The third kappa shape index (κ3) is 2.14. The minimum Gasteiger partial charge on any atom is -0.468 e. The molecule has 0 unspecified atom stereocenters. The van der Waals surface area contributed by atoms with Gasteiger partial charge in [0.25, 0.3) is 0 Å². The van der Waals surface area contributed by atoms with Crippen molar-refractivity contribution in [3.05, 3.63) is 83.8 Å². The molecule has 0 spiro atoms. The van der Waals surface area contributed by atoms with Crippen molar-refractivity contribution in [3.63, 3.8) is 0 Å². The molecule has 0 bridgehead atoms. The molecular weight excluding hydrogens is 248 g/mol. The molecule has 0 saturated heterocycles. The number of nitrogen functional groups attached to an aromatic ring is 2. The fourth-order valence-corrected chi connectivity index (χ4v) is 2.48. The van der Waals surface area contributed by atoms with Crippen molar-refractivity contribution >= 4 is 11.4 Å². The first-order valence-corrected chi connectivity index (χ1v) is 6.49. The fourth-order valence-electron chi connectivity index (χ4n) is 2.48. The number of hydrogen-bond donors (Lipinski definition) is 2. The Labute approximate surface area is 117 Å². The van der Waals surface area contributed by atoms with Crippen LogP contribution in [-0.2, 0) is 0 Å². The van der Waals surface area contributed by atoms with Gasteiger partial charge in [0.2, 0.25) is 0 Å². The SMILES string of the molecule is Nc1ccccc1C(c1ccco1)c1ccccc1N. The van der Waals surface area contributed by atoms with Gasteiger partial charge in [-0.15, -0.1) is 0 Å². The van der Waals surface area contributed by atoms with Crippen LogP contribution in [0.25, 0.3) is 0 Å². The molecule has 0 saturated carbocycles. The smallest absolute Gasteiger partial charge is 0.115 e. The van der Waals surface area contributed by atoms with Crippen LogP contribution in [0.4, 0.5) is 11.4 Å². The summed E-state index contributed by atoms with van der Waals surface area (Å²) in [5.74, 6) is 0.744. The minimum atomic E-state index is -0.0904. The van der Waals surface area contributed by atoms with Crippen molar-refractivity contribution in [1.29, 1.82) is 0 Å². The predicted octanol–water partition coefficient (Wildman–Crippen LogP) is 3.62. The molecule has 4 N–H and O–H groups in total. The van der Waals surface area contributed by atoms with E-state index < -0.39 is 0 Å². The van der Waals surface area contributed by atoms with Crippen molar-refractivity contribution in [2.24, 2.45) is 0 Å². The molecular formula is C17H16N2O. The lowest BCUT2D eigenvalue weighted by atomic mass is 9.87. The van der Waals surface area contributed by atoms with E-state index in [1.54, 1.807) is 6.26 Å². The molecule has 0 atom stereocenters. The molecule has 100 valence electrons. The second-order valence-corrected chi connectivity index (χ2v) is 4.71. The maximum atomic E-state index is 6.13. The third-order valence-electron chi connectivity index (χ3n) is 3.44. The van der Waals surface area contributed by atoms with Gasteiger partial charge in [-0.2, -0.15) is 0 Å². The first kappa shape index (κ1) is 12.4. The first-order valence-electron chi connectivity index (χ1n) is 6.49. The summed E-state index contributed by atoms with van der Waals surface area (Å²) in [6, 6.07) is 19.4. The largest absolute Gasteiger partial charge is 0.468 e. The molecule has 3 nitrogen and oxygen atoms in total. The van der Waals surface area contributed by atoms with Crippen molar-refractivity contribution in [2.45, 2.75) is 5.92 Å². The molecule has 1 heterocycles. The minimum absolute atomic E-state index is 0.0904. The standard InChI is InChI=1S/C17H16N2O/c18-14-8-3-1-6-12(14)17(16-10-5-11-20-16)13-7-2-4-9-15(13)19/h1-11,17H,18-19H2. The van der Waals surface area contributed by atoms with E-state index in [0.717, 1.165) is 28.3 Å². The van der Waals surface area contributed by atoms with E-state index >= 15 is 0 Å². The van der Waals surface area contributed by atoms with Gasteiger partial charge < -0.3 is 15.9 Å². The maximum Gasteiger partial charge on any atom is 0.115 e. The quantitative estimate of drug-likeness (QED) is 0.710. The number of anilines is 2. The molecule has 0 aliphatic carbocycles. The number of rotatable bonds is 3. The number of hydrogen-bond acceptors (Lipinski definition) is 3. The van der Waals surface area contributed by atoms with Crippen LogP contribution in [0.2, 0.25) is 0 Å². The van der Waals surface area contributed by atoms with Crippen LogP contribution < -0.4 is 11.5 Å². The second-order valence-electron chi connectivity index (χ2n) is 4.71. The van der Waals surface area contributed by atoms with E-state index in [4.69, 9.17) is 15.9 Å². The van der Waals surface area contributed by atoms with Crippen LogP contribution in [0.5, 0.6) is 0 Å². The van der Waals surface area contributed by atoms with Crippen molar-refractivity contribution in [3.8, 4) is 0 Å².